The van der Waals surface area contributed by atoms with E-state index in [1.165, 1.54) is 0 Å². The van der Waals surface area contributed by atoms with Crippen LogP contribution in [-0.4, -0.2) is 0 Å². The van der Waals surface area contributed by atoms with E-state index in [1.54, 1.807) is 12.1 Å². The van der Waals surface area contributed by atoms with Crippen LogP contribution in [0.3, 0.4) is 0 Å². The van der Waals surface area contributed by atoms with Gasteiger partial charge in [-0.25, -0.2) is 4.79 Å². The molecule has 3 nitrogen and oxygen atoms in total. The van der Waals surface area contributed by atoms with Gasteiger partial charge in [0.05, 0.1) is 5.56 Å². The SMILES string of the molecule is Cc1c(-c2ccccc2)c(=O)oc2ccc(OCc3cccc(Cl)c3)cc12. The average Bonchev–Trinajstić information content (AvgIpc) is 2.67. The molecule has 1 heterocycles. The second-order valence-electron chi connectivity index (χ2n) is 6.33. The van der Waals surface area contributed by atoms with E-state index in [0.717, 1.165) is 22.1 Å². The van der Waals surface area contributed by atoms with Crippen molar-refractivity contribution in [3.8, 4) is 16.9 Å². The van der Waals surface area contributed by atoms with Gasteiger partial charge in [0.2, 0.25) is 0 Å². The minimum absolute atomic E-state index is 0.334. The summed E-state index contributed by atoms with van der Waals surface area (Å²) in [5, 5.41) is 1.54. The first-order valence-electron chi connectivity index (χ1n) is 8.62. The summed E-state index contributed by atoms with van der Waals surface area (Å²) in [4.78, 5) is 12.5. The molecule has 3 aromatic carbocycles. The van der Waals surface area contributed by atoms with Gasteiger partial charge in [0, 0.05) is 10.4 Å². The van der Waals surface area contributed by atoms with E-state index in [1.807, 2.05) is 67.6 Å². The number of hydrogen-bond acceptors (Lipinski definition) is 3. The van der Waals surface area contributed by atoms with E-state index >= 15 is 0 Å². The van der Waals surface area contributed by atoms with E-state index in [4.69, 9.17) is 20.8 Å². The van der Waals surface area contributed by atoms with Crippen LogP contribution in [0.15, 0.2) is 82.0 Å². The molecular formula is C23H17ClO3. The highest BCUT2D eigenvalue weighted by Gasteiger charge is 2.13. The third-order valence-corrected chi connectivity index (χ3v) is 4.73. The van der Waals surface area contributed by atoms with Crippen LogP contribution in [0.2, 0.25) is 5.02 Å². The molecule has 0 radical (unpaired) electrons. The van der Waals surface area contributed by atoms with Crippen molar-refractivity contribution in [3.63, 3.8) is 0 Å². The highest BCUT2D eigenvalue weighted by Crippen LogP contribution is 2.29. The highest BCUT2D eigenvalue weighted by molar-refractivity contribution is 6.30. The Kier molecular flexibility index (Phi) is 4.69. The Bertz CT molecular complexity index is 1160. The molecule has 0 fully saturated rings. The Morgan fingerprint density at radius 1 is 0.963 bits per heavy atom. The molecule has 134 valence electrons. The lowest BCUT2D eigenvalue weighted by atomic mass is 9.99. The van der Waals surface area contributed by atoms with Gasteiger partial charge in [-0.3, -0.25) is 0 Å². The molecular weight excluding hydrogens is 360 g/mol. The summed E-state index contributed by atoms with van der Waals surface area (Å²) in [6.07, 6.45) is 0. The van der Waals surface area contributed by atoms with Gasteiger partial charge in [0.25, 0.3) is 0 Å². The van der Waals surface area contributed by atoms with E-state index < -0.39 is 0 Å². The van der Waals surface area contributed by atoms with Crippen molar-refractivity contribution in [2.75, 3.05) is 0 Å². The van der Waals surface area contributed by atoms with Crippen LogP contribution < -0.4 is 10.4 Å². The molecule has 0 saturated carbocycles. The molecule has 0 saturated heterocycles. The molecule has 0 aliphatic heterocycles. The summed E-state index contributed by atoms with van der Waals surface area (Å²) < 4.78 is 11.4. The van der Waals surface area contributed by atoms with Gasteiger partial charge < -0.3 is 9.15 Å². The van der Waals surface area contributed by atoms with E-state index in [9.17, 15) is 4.79 Å². The number of hydrogen-bond donors (Lipinski definition) is 0. The molecule has 4 aromatic rings. The molecule has 0 spiro atoms. The first kappa shape index (κ1) is 17.4. The Morgan fingerprint density at radius 2 is 1.78 bits per heavy atom. The van der Waals surface area contributed by atoms with E-state index in [2.05, 4.69) is 0 Å². The summed E-state index contributed by atoms with van der Waals surface area (Å²) in [5.41, 5.74) is 3.50. The monoisotopic (exact) mass is 376 g/mol. The average molecular weight is 377 g/mol. The first-order chi connectivity index (χ1) is 13.1. The third-order valence-electron chi connectivity index (χ3n) is 4.49. The fourth-order valence-corrected chi connectivity index (χ4v) is 3.37. The summed E-state index contributed by atoms with van der Waals surface area (Å²) in [6, 6.07) is 22.6. The van der Waals surface area contributed by atoms with Crippen molar-refractivity contribution in [2.45, 2.75) is 13.5 Å². The summed E-state index contributed by atoms with van der Waals surface area (Å²) in [5.74, 6) is 0.707. The van der Waals surface area contributed by atoms with Gasteiger partial charge in [-0.15, -0.1) is 0 Å². The minimum Gasteiger partial charge on any atom is -0.489 e. The maximum Gasteiger partial charge on any atom is 0.344 e. The standard InChI is InChI=1S/C23H17ClO3/c1-15-20-13-19(26-14-16-6-5-9-18(24)12-16)10-11-21(20)27-23(25)22(15)17-7-3-2-4-8-17/h2-13H,14H2,1H3. The van der Waals surface area contributed by atoms with Crippen molar-refractivity contribution in [1.29, 1.82) is 0 Å². The Labute approximate surface area is 161 Å². The van der Waals surface area contributed by atoms with Crippen LogP contribution in [0.1, 0.15) is 11.1 Å². The zero-order valence-electron chi connectivity index (χ0n) is 14.7. The summed E-state index contributed by atoms with van der Waals surface area (Å²) in [6.45, 7) is 2.34. The number of rotatable bonds is 4. The smallest absolute Gasteiger partial charge is 0.344 e. The second-order valence-corrected chi connectivity index (χ2v) is 6.77. The van der Waals surface area contributed by atoms with Crippen LogP contribution in [0.4, 0.5) is 0 Å². The maximum atomic E-state index is 12.5. The zero-order valence-corrected chi connectivity index (χ0v) is 15.5. The van der Waals surface area contributed by atoms with Crippen LogP contribution in [-0.2, 0) is 6.61 Å². The van der Waals surface area contributed by atoms with Crippen molar-refractivity contribution < 1.29 is 9.15 Å². The third kappa shape index (κ3) is 3.60. The number of benzene rings is 3. The second kappa shape index (κ2) is 7.29. The first-order valence-corrected chi connectivity index (χ1v) is 9.00. The summed E-state index contributed by atoms with van der Waals surface area (Å²) >= 11 is 6.02. The van der Waals surface area contributed by atoms with Crippen LogP contribution >= 0.6 is 11.6 Å². The van der Waals surface area contributed by atoms with Gasteiger partial charge in [0.15, 0.2) is 0 Å². The van der Waals surface area contributed by atoms with Crippen molar-refractivity contribution in [1.82, 2.24) is 0 Å². The van der Waals surface area contributed by atoms with Crippen molar-refractivity contribution >= 4 is 22.6 Å². The molecule has 0 amide bonds. The molecule has 0 aliphatic rings. The molecule has 27 heavy (non-hydrogen) atoms. The topological polar surface area (TPSA) is 39.4 Å². The molecule has 0 aliphatic carbocycles. The predicted octanol–water partition coefficient (Wildman–Crippen LogP) is 6.00. The number of ether oxygens (including phenoxy) is 1. The van der Waals surface area contributed by atoms with Crippen LogP contribution in [0, 0.1) is 6.92 Å². The minimum atomic E-state index is -0.334. The fourth-order valence-electron chi connectivity index (χ4n) is 3.15. The van der Waals surface area contributed by atoms with Gasteiger partial charge >= 0.3 is 5.63 Å². The van der Waals surface area contributed by atoms with E-state index in [0.29, 0.717) is 28.5 Å². The maximum absolute atomic E-state index is 12.5. The van der Waals surface area contributed by atoms with Gasteiger partial charge in [0.1, 0.15) is 17.9 Å². The van der Waals surface area contributed by atoms with Gasteiger partial charge in [-0.2, -0.15) is 0 Å². The molecule has 1 aromatic heterocycles. The summed E-state index contributed by atoms with van der Waals surface area (Å²) in [7, 11) is 0. The molecule has 4 rings (SSSR count). The Morgan fingerprint density at radius 3 is 2.56 bits per heavy atom. The van der Waals surface area contributed by atoms with Crippen molar-refractivity contribution in [3.05, 3.63) is 99.4 Å². The predicted molar refractivity (Wildman–Crippen MR) is 108 cm³/mol. The molecule has 0 bridgehead atoms. The number of halogens is 1. The lowest BCUT2D eigenvalue weighted by molar-refractivity contribution is 0.306. The Hall–Kier alpha value is -3.04. The molecule has 0 unspecified atom stereocenters. The van der Waals surface area contributed by atoms with Gasteiger partial charge in [-0.05, 0) is 53.9 Å². The van der Waals surface area contributed by atoms with Crippen LogP contribution in [0.5, 0.6) is 5.75 Å². The quantitative estimate of drug-likeness (QED) is 0.410. The van der Waals surface area contributed by atoms with Crippen molar-refractivity contribution in [2.24, 2.45) is 0 Å². The lowest BCUT2D eigenvalue weighted by Crippen LogP contribution is -2.06. The Balaban J connectivity index is 1.72. The normalized spacial score (nSPS) is 10.9. The lowest BCUT2D eigenvalue weighted by Gasteiger charge is -2.11. The number of fused-ring (bicyclic) bond motifs is 1. The zero-order chi connectivity index (χ0) is 18.8. The molecule has 4 heteroatoms. The van der Waals surface area contributed by atoms with Crippen LogP contribution in [0.25, 0.3) is 22.1 Å². The molecule has 0 atom stereocenters. The van der Waals surface area contributed by atoms with Gasteiger partial charge in [-0.1, -0.05) is 54.1 Å². The molecule has 0 N–H and O–H groups in total. The fraction of sp³-hybridized carbons (Fsp3) is 0.0870. The highest BCUT2D eigenvalue weighted by atomic mass is 35.5. The largest absolute Gasteiger partial charge is 0.489 e. The number of aryl methyl sites for hydroxylation is 1. The van der Waals surface area contributed by atoms with E-state index in [-0.39, 0.29) is 5.63 Å².